The van der Waals surface area contributed by atoms with Crippen LogP contribution >= 0.6 is 0 Å². The second kappa shape index (κ2) is 3.75. The first-order chi connectivity index (χ1) is 7.47. The molecule has 0 spiro atoms. The van der Waals surface area contributed by atoms with Gasteiger partial charge in [0.15, 0.2) is 0 Å². The van der Waals surface area contributed by atoms with Crippen LogP contribution in [0.2, 0.25) is 0 Å². The third kappa shape index (κ3) is 1.93. The number of nitrogens with two attached hydrogens (primary N) is 1. The molecule has 1 unspecified atom stereocenters. The predicted octanol–water partition coefficient (Wildman–Crippen LogP) is 1.78. The molecule has 16 heavy (non-hydrogen) atoms. The van der Waals surface area contributed by atoms with E-state index >= 15 is 0 Å². The SMILES string of the molecule is CC1(C)CC(O)(CCN)c2ccccc2O1. The van der Waals surface area contributed by atoms with E-state index in [0.717, 1.165) is 11.3 Å². The fraction of sp³-hybridized carbons (Fsp3) is 0.538. The lowest BCUT2D eigenvalue weighted by Crippen LogP contribution is -2.45. The molecule has 3 N–H and O–H groups in total. The van der Waals surface area contributed by atoms with Crippen molar-refractivity contribution < 1.29 is 9.84 Å². The fourth-order valence-corrected chi connectivity index (χ4v) is 2.54. The van der Waals surface area contributed by atoms with Gasteiger partial charge in [-0.3, -0.25) is 0 Å². The number of benzene rings is 1. The smallest absolute Gasteiger partial charge is 0.126 e. The molecule has 1 aromatic rings. The second-order valence-corrected chi connectivity index (χ2v) is 5.10. The predicted molar refractivity (Wildman–Crippen MR) is 63.3 cm³/mol. The minimum absolute atomic E-state index is 0.349. The quantitative estimate of drug-likeness (QED) is 0.800. The van der Waals surface area contributed by atoms with Gasteiger partial charge in [-0.25, -0.2) is 0 Å². The number of hydrogen-bond acceptors (Lipinski definition) is 3. The van der Waals surface area contributed by atoms with Crippen LogP contribution in [-0.2, 0) is 5.60 Å². The van der Waals surface area contributed by atoms with Gasteiger partial charge in [0.2, 0.25) is 0 Å². The van der Waals surface area contributed by atoms with Crippen molar-refractivity contribution in [2.24, 2.45) is 5.73 Å². The molecule has 0 bridgehead atoms. The summed E-state index contributed by atoms with van der Waals surface area (Å²) in [7, 11) is 0. The van der Waals surface area contributed by atoms with Crippen molar-refractivity contribution in [3.63, 3.8) is 0 Å². The summed E-state index contributed by atoms with van der Waals surface area (Å²) in [6, 6.07) is 7.66. The Morgan fingerprint density at radius 3 is 2.75 bits per heavy atom. The Kier molecular flexibility index (Phi) is 2.68. The van der Waals surface area contributed by atoms with Gasteiger partial charge in [0.05, 0.1) is 5.60 Å². The molecule has 0 aromatic heterocycles. The Morgan fingerprint density at radius 2 is 2.06 bits per heavy atom. The molecule has 0 radical (unpaired) electrons. The largest absolute Gasteiger partial charge is 0.487 e. The lowest BCUT2D eigenvalue weighted by atomic mass is 9.78. The standard InChI is InChI=1S/C13H19NO2/c1-12(2)9-13(15,7-8-14)10-5-3-4-6-11(10)16-12/h3-6,15H,7-9,14H2,1-2H3. The molecule has 88 valence electrons. The Hall–Kier alpha value is -1.06. The van der Waals surface area contributed by atoms with Gasteiger partial charge in [-0.05, 0) is 32.9 Å². The molecule has 0 fully saturated rings. The molecule has 0 amide bonds. The molecular weight excluding hydrogens is 202 g/mol. The third-order valence-corrected chi connectivity index (χ3v) is 3.05. The van der Waals surface area contributed by atoms with Crippen LogP contribution in [0, 0.1) is 0 Å². The highest BCUT2D eigenvalue weighted by atomic mass is 16.5. The van der Waals surface area contributed by atoms with E-state index < -0.39 is 5.60 Å². The molecular formula is C13H19NO2. The van der Waals surface area contributed by atoms with Gasteiger partial charge in [0.1, 0.15) is 11.4 Å². The molecule has 1 heterocycles. The zero-order valence-electron chi connectivity index (χ0n) is 9.86. The Labute approximate surface area is 96.2 Å². The average Bonchev–Trinajstić information content (AvgIpc) is 2.15. The topological polar surface area (TPSA) is 55.5 Å². The van der Waals surface area contributed by atoms with Crippen LogP contribution in [0.4, 0.5) is 0 Å². The number of para-hydroxylation sites is 1. The maximum Gasteiger partial charge on any atom is 0.126 e. The minimum atomic E-state index is -0.854. The molecule has 3 heteroatoms. The van der Waals surface area contributed by atoms with Crippen molar-refractivity contribution in [2.45, 2.75) is 37.9 Å². The first-order valence-electron chi connectivity index (χ1n) is 5.68. The molecule has 1 atom stereocenters. The van der Waals surface area contributed by atoms with Gasteiger partial charge >= 0.3 is 0 Å². The van der Waals surface area contributed by atoms with E-state index in [1.165, 1.54) is 0 Å². The van der Waals surface area contributed by atoms with Crippen molar-refractivity contribution in [2.75, 3.05) is 6.54 Å². The second-order valence-electron chi connectivity index (χ2n) is 5.10. The van der Waals surface area contributed by atoms with Crippen LogP contribution in [0.1, 0.15) is 32.3 Å². The van der Waals surface area contributed by atoms with Crippen molar-refractivity contribution in [3.05, 3.63) is 29.8 Å². The first kappa shape index (κ1) is 11.4. The normalized spacial score (nSPS) is 27.0. The number of hydrogen-bond donors (Lipinski definition) is 2. The Bertz CT molecular complexity index is 389. The molecule has 0 aliphatic carbocycles. The van der Waals surface area contributed by atoms with Crippen LogP contribution in [-0.4, -0.2) is 17.3 Å². The van der Waals surface area contributed by atoms with Crippen molar-refractivity contribution in [1.82, 2.24) is 0 Å². The number of fused-ring (bicyclic) bond motifs is 1. The van der Waals surface area contributed by atoms with E-state index in [0.29, 0.717) is 19.4 Å². The van der Waals surface area contributed by atoms with Gasteiger partial charge in [0.25, 0.3) is 0 Å². The van der Waals surface area contributed by atoms with E-state index in [1.54, 1.807) is 0 Å². The summed E-state index contributed by atoms with van der Waals surface area (Å²) in [5, 5.41) is 10.7. The first-order valence-corrected chi connectivity index (χ1v) is 5.68. The molecule has 3 nitrogen and oxygen atoms in total. The van der Waals surface area contributed by atoms with Gasteiger partial charge in [-0.2, -0.15) is 0 Å². The van der Waals surface area contributed by atoms with Crippen LogP contribution in [0.5, 0.6) is 5.75 Å². The van der Waals surface area contributed by atoms with Gasteiger partial charge in [-0.15, -0.1) is 0 Å². The van der Waals surface area contributed by atoms with Gasteiger partial charge in [-0.1, -0.05) is 18.2 Å². The Morgan fingerprint density at radius 1 is 1.38 bits per heavy atom. The van der Waals surface area contributed by atoms with E-state index in [1.807, 2.05) is 38.1 Å². The van der Waals surface area contributed by atoms with Crippen LogP contribution < -0.4 is 10.5 Å². The van der Waals surface area contributed by atoms with Crippen LogP contribution in [0.15, 0.2) is 24.3 Å². The zero-order valence-corrected chi connectivity index (χ0v) is 9.86. The molecule has 1 aliphatic rings. The highest BCUT2D eigenvalue weighted by molar-refractivity contribution is 5.40. The lowest BCUT2D eigenvalue weighted by Gasteiger charge is -2.43. The van der Waals surface area contributed by atoms with Crippen molar-refractivity contribution in [3.8, 4) is 5.75 Å². The average molecular weight is 221 g/mol. The van der Waals surface area contributed by atoms with Gasteiger partial charge < -0.3 is 15.6 Å². The van der Waals surface area contributed by atoms with E-state index in [9.17, 15) is 5.11 Å². The summed E-state index contributed by atoms with van der Waals surface area (Å²) < 4.78 is 5.86. The molecule has 1 aromatic carbocycles. The summed E-state index contributed by atoms with van der Waals surface area (Å²) in [6.07, 6.45) is 1.14. The van der Waals surface area contributed by atoms with Crippen molar-refractivity contribution >= 4 is 0 Å². The van der Waals surface area contributed by atoms with Gasteiger partial charge in [0, 0.05) is 12.0 Å². The van der Waals surface area contributed by atoms with E-state index in [2.05, 4.69) is 0 Å². The summed E-state index contributed by atoms with van der Waals surface area (Å²) >= 11 is 0. The maximum absolute atomic E-state index is 10.7. The number of rotatable bonds is 2. The zero-order chi connectivity index (χ0) is 11.8. The summed E-state index contributed by atoms with van der Waals surface area (Å²) in [4.78, 5) is 0. The summed E-state index contributed by atoms with van der Waals surface area (Å²) in [5.74, 6) is 0.773. The molecule has 2 rings (SSSR count). The van der Waals surface area contributed by atoms with Crippen LogP contribution in [0.3, 0.4) is 0 Å². The third-order valence-electron chi connectivity index (χ3n) is 3.05. The highest BCUT2D eigenvalue weighted by Gasteiger charge is 2.43. The molecule has 0 saturated heterocycles. The van der Waals surface area contributed by atoms with E-state index in [-0.39, 0.29) is 5.60 Å². The van der Waals surface area contributed by atoms with Crippen molar-refractivity contribution in [1.29, 1.82) is 0 Å². The molecule has 0 saturated carbocycles. The number of aliphatic hydroxyl groups is 1. The fourth-order valence-electron chi connectivity index (χ4n) is 2.54. The minimum Gasteiger partial charge on any atom is -0.487 e. The number of ether oxygens (including phenoxy) is 1. The monoisotopic (exact) mass is 221 g/mol. The van der Waals surface area contributed by atoms with Crippen LogP contribution in [0.25, 0.3) is 0 Å². The maximum atomic E-state index is 10.7. The summed E-state index contributed by atoms with van der Waals surface area (Å²) in [6.45, 7) is 4.45. The molecule has 1 aliphatic heterocycles. The Balaban J connectivity index is 2.47. The highest BCUT2D eigenvalue weighted by Crippen LogP contribution is 2.44. The lowest BCUT2D eigenvalue weighted by molar-refractivity contribution is -0.0673. The summed E-state index contributed by atoms with van der Waals surface area (Å²) in [5.41, 5.74) is 5.25. The van der Waals surface area contributed by atoms with E-state index in [4.69, 9.17) is 10.5 Å².